The first-order valence-corrected chi connectivity index (χ1v) is 13.4. The Labute approximate surface area is 237 Å². The molecule has 41 heavy (non-hydrogen) atoms. The minimum atomic E-state index is -0.224. The van der Waals surface area contributed by atoms with Gasteiger partial charge < -0.3 is 19.9 Å². The van der Waals surface area contributed by atoms with Crippen LogP contribution in [0.2, 0.25) is 0 Å². The lowest BCUT2D eigenvalue weighted by Gasteiger charge is -2.34. The second-order valence-corrected chi connectivity index (χ2v) is 9.85. The Morgan fingerprint density at radius 1 is 0.951 bits per heavy atom. The number of rotatable bonds is 8. The molecule has 1 aliphatic rings. The summed E-state index contributed by atoms with van der Waals surface area (Å²) in [4.78, 5) is 36.5. The van der Waals surface area contributed by atoms with E-state index in [1.165, 1.54) is 5.69 Å². The minimum absolute atomic E-state index is 0.224. The second kappa shape index (κ2) is 11.2. The van der Waals surface area contributed by atoms with E-state index < -0.39 is 0 Å². The van der Waals surface area contributed by atoms with Gasteiger partial charge in [0.25, 0.3) is 5.56 Å². The van der Waals surface area contributed by atoms with Crippen LogP contribution in [-0.4, -0.2) is 74.5 Å². The number of pyridine rings is 2. The quantitative estimate of drug-likeness (QED) is 0.290. The fraction of sp³-hybridized carbons (Fsp3) is 0.233. The van der Waals surface area contributed by atoms with Crippen LogP contribution < -0.4 is 20.5 Å². The second-order valence-electron chi connectivity index (χ2n) is 9.85. The average molecular weight is 550 g/mol. The maximum atomic E-state index is 13.3. The topological polar surface area (TPSA) is 106 Å². The van der Waals surface area contributed by atoms with Crippen LogP contribution in [0.25, 0.3) is 28.2 Å². The maximum absolute atomic E-state index is 13.3. The van der Waals surface area contributed by atoms with Gasteiger partial charge in [-0.3, -0.25) is 9.78 Å². The molecule has 0 unspecified atom stereocenters. The Bertz CT molecular complexity index is 1740. The van der Waals surface area contributed by atoms with E-state index in [0.29, 0.717) is 39.9 Å². The molecule has 0 radical (unpaired) electrons. The summed E-state index contributed by atoms with van der Waals surface area (Å²) in [7, 11) is 3.75. The van der Waals surface area contributed by atoms with E-state index in [2.05, 4.69) is 50.8 Å². The van der Waals surface area contributed by atoms with Crippen molar-refractivity contribution < 1.29 is 4.74 Å². The van der Waals surface area contributed by atoms with Crippen LogP contribution >= 0.6 is 0 Å². The lowest BCUT2D eigenvalue weighted by molar-refractivity contribution is 0.313. The van der Waals surface area contributed by atoms with Crippen LogP contribution in [0.1, 0.15) is 0 Å². The van der Waals surface area contributed by atoms with Crippen molar-refractivity contribution in [1.29, 1.82) is 0 Å². The Morgan fingerprint density at radius 3 is 2.46 bits per heavy atom. The van der Waals surface area contributed by atoms with Crippen LogP contribution in [0, 0.1) is 0 Å². The molecular formula is C30H31N9O2. The number of piperazine rings is 1. The average Bonchev–Trinajstić information content (AvgIpc) is 3.28. The molecule has 4 aromatic heterocycles. The number of ether oxygens (including phenoxy) is 1. The minimum Gasteiger partial charge on any atom is -0.495 e. The van der Waals surface area contributed by atoms with E-state index >= 15 is 0 Å². The molecule has 208 valence electrons. The number of hydrogen-bond donors (Lipinski definition) is 1. The van der Waals surface area contributed by atoms with Gasteiger partial charge in [-0.15, -0.1) is 6.58 Å². The molecular weight excluding hydrogens is 518 g/mol. The monoisotopic (exact) mass is 549 g/mol. The number of benzene rings is 1. The Balaban J connectivity index is 1.34. The number of hydrogen-bond acceptors (Lipinski definition) is 9. The molecule has 1 aromatic carbocycles. The third-order valence-corrected chi connectivity index (χ3v) is 7.16. The molecule has 5 heterocycles. The number of likely N-dealkylation sites (N-methyl/N-ethyl adjacent to an activating group) is 1. The van der Waals surface area contributed by atoms with Crippen molar-refractivity contribution in [2.75, 3.05) is 50.6 Å². The largest absolute Gasteiger partial charge is 0.495 e. The molecule has 11 heteroatoms. The molecule has 0 spiro atoms. The highest BCUT2D eigenvalue weighted by Gasteiger charge is 2.19. The van der Waals surface area contributed by atoms with Crippen molar-refractivity contribution in [2.45, 2.75) is 6.54 Å². The van der Waals surface area contributed by atoms with Crippen molar-refractivity contribution >= 4 is 28.4 Å². The van der Waals surface area contributed by atoms with Gasteiger partial charge in [-0.1, -0.05) is 12.1 Å². The summed E-state index contributed by atoms with van der Waals surface area (Å²) in [6.45, 7) is 8.22. The van der Waals surface area contributed by atoms with Crippen molar-refractivity contribution in [3.05, 3.63) is 90.0 Å². The fourth-order valence-electron chi connectivity index (χ4n) is 4.89. The molecule has 11 nitrogen and oxygen atoms in total. The van der Waals surface area contributed by atoms with Crippen molar-refractivity contribution in [2.24, 2.45) is 0 Å². The molecule has 0 atom stereocenters. The van der Waals surface area contributed by atoms with Crippen LogP contribution in [0.4, 0.5) is 17.3 Å². The number of nitrogens with one attached hydrogen (secondary N) is 1. The van der Waals surface area contributed by atoms with Gasteiger partial charge in [0, 0.05) is 43.8 Å². The summed E-state index contributed by atoms with van der Waals surface area (Å²) in [5.41, 5.74) is 3.59. The summed E-state index contributed by atoms with van der Waals surface area (Å²) in [5, 5.41) is 3.67. The van der Waals surface area contributed by atoms with Crippen molar-refractivity contribution in [1.82, 2.24) is 34.2 Å². The van der Waals surface area contributed by atoms with E-state index in [4.69, 9.17) is 14.7 Å². The number of allylic oxidation sites excluding steroid dienone is 1. The van der Waals surface area contributed by atoms with Crippen molar-refractivity contribution in [3.63, 3.8) is 0 Å². The Morgan fingerprint density at radius 2 is 1.76 bits per heavy atom. The molecule has 5 aromatic rings. The zero-order valence-corrected chi connectivity index (χ0v) is 23.1. The third-order valence-electron chi connectivity index (χ3n) is 7.16. The first-order valence-electron chi connectivity index (χ1n) is 13.4. The van der Waals surface area contributed by atoms with Gasteiger partial charge in [-0.2, -0.15) is 4.98 Å². The highest BCUT2D eigenvalue weighted by atomic mass is 16.5. The molecule has 1 N–H and O–H groups in total. The normalized spacial score (nSPS) is 13.9. The van der Waals surface area contributed by atoms with Crippen LogP contribution in [0.3, 0.4) is 0 Å². The molecule has 0 bridgehead atoms. The lowest BCUT2D eigenvalue weighted by Crippen LogP contribution is -2.44. The number of methoxy groups -OCH3 is 1. The summed E-state index contributed by atoms with van der Waals surface area (Å²) >= 11 is 0. The van der Waals surface area contributed by atoms with Gasteiger partial charge in [0.05, 0.1) is 31.2 Å². The molecule has 1 fully saturated rings. The summed E-state index contributed by atoms with van der Waals surface area (Å²) in [5.74, 6) is 1.56. The Kier molecular flexibility index (Phi) is 7.17. The zero-order chi connectivity index (χ0) is 28.3. The summed E-state index contributed by atoms with van der Waals surface area (Å²) in [6, 6.07) is 17.5. The predicted octanol–water partition coefficient (Wildman–Crippen LogP) is 3.73. The SMILES string of the molecule is C=CCn1c(=O)c2cnc(Nc3ccc(N4CCN(C)CC4)cc3)nc2n1-c1cccc(-c2ccc(OC)cn2)n1. The Hall–Kier alpha value is -5.03. The standard InChI is InChI=1S/C30H31N9O2/c1-4-14-38-29(40)24-20-32-30(33-21-8-10-22(11-9-21)37-17-15-36(2)16-18-37)35-28(24)39(38)27-7-5-6-26(34-27)25-13-12-23(41-3)19-31-25/h4-13,19-20H,1,14-18H2,2-3H3,(H,32,33,35). The number of nitrogens with zero attached hydrogens (tertiary/aromatic N) is 8. The highest BCUT2D eigenvalue weighted by Crippen LogP contribution is 2.24. The van der Waals surface area contributed by atoms with Gasteiger partial charge >= 0.3 is 0 Å². The first-order chi connectivity index (χ1) is 20.0. The van der Waals surface area contributed by atoms with Gasteiger partial charge in [0.15, 0.2) is 11.5 Å². The first kappa shape index (κ1) is 26.2. The van der Waals surface area contributed by atoms with Crippen LogP contribution in [0.5, 0.6) is 5.75 Å². The van der Waals surface area contributed by atoms with E-state index in [1.54, 1.807) is 34.9 Å². The van der Waals surface area contributed by atoms with Crippen LogP contribution in [-0.2, 0) is 6.54 Å². The molecule has 0 aliphatic carbocycles. The number of aromatic nitrogens is 6. The molecule has 0 saturated carbocycles. The predicted molar refractivity (Wildman–Crippen MR) is 160 cm³/mol. The van der Waals surface area contributed by atoms with E-state index in [0.717, 1.165) is 31.9 Å². The van der Waals surface area contributed by atoms with Gasteiger partial charge in [0.1, 0.15) is 11.1 Å². The van der Waals surface area contributed by atoms with E-state index in [-0.39, 0.29) is 12.1 Å². The fourth-order valence-corrected chi connectivity index (χ4v) is 4.89. The van der Waals surface area contributed by atoms with Crippen LogP contribution in [0.15, 0.2) is 84.4 Å². The van der Waals surface area contributed by atoms with Gasteiger partial charge in [0.2, 0.25) is 5.95 Å². The van der Waals surface area contributed by atoms with E-state index in [9.17, 15) is 4.79 Å². The lowest BCUT2D eigenvalue weighted by atomic mass is 10.2. The van der Waals surface area contributed by atoms with Crippen molar-refractivity contribution in [3.8, 4) is 23.0 Å². The maximum Gasteiger partial charge on any atom is 0.278 e. The smallest absolute Gasteiger partial charge is 0.278 e. The molecule has 0 amide bonds. The zero-order valence-electron chi connectivity index (χ0n) is 23.1. The summed E-state index contributed by atoms with van der Waals surface area (Å²) in [6.07, 6.45) is 4.86. The molecule has 6 rings (SSSR count). The molecule has 1 aliphatic heterocycles. The number of fused-ring (bicyclic) bond motifs is 1. The van der Waals surface area contributed by atoms with Gasteiger partial charge in [-0.05, 0) is 55.6 Å². The third kappa shape index (κ3) is 5.27. The van der Waals surface area contributed by atoms with Gasteiger partial charge in [-0.25, -0.2) is 19.3 Å². The highest BCUT2D eigenvalue weighted by molar-refractivity contribution is 5.77. The van der Waals surface area contributed by atoms with E-state index in [1.807, 2.05) is 42.5 Å². The molecule has 1 saturated heterocycles. The number of anilines is 3. The summed E-state index contributed by atoms with van der Waals surface area (Å²) < 4.78 is 8.48.